The van der Waals surface area contributed by atoms with Gasteiger partial charge in [0.2, 0.25) is 0 Å². The summed E-state index contributed by atoms with van der Waals surface area (Å²) in [5, 5.41) is 2.04. The Hall–Kier alpha value is -1.11. The van der Waals surface area contributed by atoms with Gasteiger partial charge in [-0.15, -0.1) is 11.3 Å². The van der Waals surface area contributed by atoms with Gasteiger partial charge in [0.15, 0.2) is 6.29 Å². The Labute approximate surface area is 117 Å². The summed E-state index contributed by atoms with van der Waals surface area (Å²) in [5.74, 6) is 0. The zero-order valence-electron chi connectivity index (χ0n) is 11.1. The van der Waals surface area contributed by atoms with Crippen molar-refractivity contribution < 1.29 is 14.4 Å². The molecule has 1 aromatic rings. The van der Waals surface area contributed by atoms with E-state index >= 15 is 0 Å². The summed E-state index contributed by atoms with van der Waals surface area (Å²) in [4.78, 5) is 19.9. The van der Waals surface area contributed by atoms with Crippen molar-refractivity contribution in [3.63, 3.8) is 0 Å². The van der Waals surface area contributed by atoms with E-state index < -0.39 is 0 Å². The van der Waals surface area contributed by atoms with Gasteiger partial charge >= 0.3 is 6.03 Å². The summed E-state index contributed by atoms with van der Waals surface area (Å²) in [7, 11) is 1.76. The standard InChI is InChI=1S/C13H20N2O3S/c1-15(8-7-11-5-4-10-19-11)13(16)14-18-12-6-2-3-9-17-12/h4-5,10,12H,2-3,6-9H2,1H3,(H,14,16)/t12-/m1/s1. The van der Waals surface area contributed by atoms with Crippen LogP contribution in [0.2, 0.25) is 0 Å². The van der Waals surface area contributed by atoms with Crippen LogP contribution in [-0.4, -0.2) is 37.4 Å². The first-order valence-electron chi connectivity index (χ1n) is 6.56. The van der Waals surface area contributed by atoms with Gasteiger partial charge in [0.25, 0.3) is 0 Å². The Morgan fingerprint density at radius 1 is 1.63 bits per heavy atom. The maximum Gasteiger partial charge on any atom is 0.341 e. The van der Waals surface area contributed by atoms with Gasteiger partial charge in [-0.3, -0.25) is 0 Å². The van der Waals surface area contributed by atoms with Gasteiger partial charge in [-0.05, 0) is 30.7 Å². The highest BCUT2D eigenvalue weighted by Gasteiger charge is 2.17. The van der Waals surface area contributed by atoms with Crippen molar-refractivity contribution in [2.24, 2.45) is 0 Å². The fraction of sp³-hybridized carbons (Fsp3) is 0.615. The molecule has 6 heteroatoms. The number of amides is 2. The summed E-state index contributed by atoms with van der Waals surface area (Å²) in [6.07, 6.45) is 3.53. The lowest BCUT2D eigenvalue weighted by Gasteiger charge is -2.24. The van der Waals surface area contributed by atoms with E-state index in [4.69, 9.17) is 9.57 Å². The third kappa shape index (κ3) is 4.81. The predicted octanol–water partition coefficient (Wildman–Crippen LogP) is 2.39. The van der Waals surface area contributed by atoms with Crippen LogP contribution >= 0.6 is 11.3 Å². The van der Waals surface area contributed by atoms with Crippen LogP contribution in [0.1, 0.15) is 24.1 Å². The molecule has 2 rings (SSSR count). The Morgan fingerprint density at radius 3 is 3.21 bits per heavy atom. The lowest BCUT2D eigenvalue weighted by atomic mass is 10.2. The molecule has 0 saturated carbocycles. The summed E-state index contributed by atoms with van der Waals surface area (Å²) >= 11 is 1.70. The second-order valence-corrected chi connectivity index (χ2v) is 5.60. The van der Waals surface area contributed by atoms with Crippen LogP contribution in [0.5, 0.6) is 0 Å². The topological polar surface area (TPSA) is 50.8 Å². The second-order valence-electron chi connectivity index (χ2n) is 4.57. The number of likely N-dealkylation sites (N-methyl/N-ethyl adjacent to an activating group) is 1. The SMILES string of the molecule is CN(CCc1cccs1)C(=O)NO[C@@H]1CCCCO1. The maximum absolute atomic E-state index is 11.8. The fourth-order valence-electron chi connectivity index (χ4n) is 1.83. The Kier molecular flexibility index (Phi) is 5.62. The summed E-state index contributed by atoms with van der Waals surface area (Å²) in [5.41, 5.74) is 2.45. The Morgan fingerprint density at radius 2 is 2.53 bits per heavy atom. The zero-order chi connectivity index (χ0) is 13.5. The molecule has 106 valence electrons. The molecule has 1 aromatic heterocycles. The monoisotopic (exact) mass is 284 g/mol. The van der Waals surface area contributed by atoms with Crippen molar-refractivity contribution in [3.8, 4) is 0 Å². The second kappa shape index (κ2) is 7.47. The van der Waals surface area contributed by atoms with Gasteiger partial charge in [0.1, 0.15) is 0 Å². The number of ether oxygens (including phenoxy) is 1. The minimum atomic E-state index is -0.302. The molecule has 1 saturated heterocycles. The average molecular weight is 284 g/mol. The van der Waals surface area contributed by atoms with Gasteiger partial charge in [-0.1, -0.05) is 6.07 Å². The van der Waals surface area contributed by atoms with Gasteiger partial charge in [-0.2, -0.15) is 0 Å². The average Bonchev–Trinajstić information content (AvgIpc) is 2.96. The molecular weight excluding hydrogens is 264 g/mol. The number of hydrogen-bond donors (Lipinski definition) is 1. The molecule has 1 aliphatic rings. The van der Waals surface area contributed by atoms with Crippen molar-refractivity contribution in [3.05, 3.63) is 22.4 Å². The van der Waals surface area contributed by atoms with E-state index in [1.165, 1.54) is 4.88 Å². The first-order chi connectivity index (χ1) is 9.25. The first-order valence-corrected chi connectivity index (χ1v) is 7.44. The quantitative estimate of drug-likeness (QED) is 0.845. The van der Waals surface area contributed by atoms with Crippen LogP contribution in [-0.2, 0) is 16.0 Å². The maximum atomic E-state index is 11.8. The number of rotatable bonds is 5. The number of carbonyl (C=O) groups excluding carboxylic acids is 1. The normalized spacial score (nSPS) is 19.1. The number of hydroxylamine groups is 1. The van der Waals surface area contributed by atoms with E-state index in [2.05, 4.69) is 11.5 Å². The van der Waals surface area contributed by atoms with E-state index in [1.54, 1.807) is 23.3 Å². The van der Waals surface area contributed by atoms with Crippen LogP contribution in [0.4, 0.5) is 4.79 Å². The Balaban J connectivity index is 1.64. The molecule has 0 spiro atoms. The number of thiophene rings is 1. The van der Waals surface area contributed by atoms with E-state index in [0.29, 0.717) is 13.2 Å². The highest BCUT2D eigenvalue weighted by molar-refractivity contribution is 7.09. The van der Waals surface area contributed by atoms with Gasteiger partial charge < -0.3 is 9.64 Å². The molecule has 19 heavy (non-hydrogen) atoms. The third-order valence-corrected chi connectivity index (χ3v) is 3.97. The summed E-state index contributed by atoms with van der Waals surface area (Å²) in [6.45, 7) is 1.37. The molecule has 0 bridgehead atoms. The molecule has 0 unspecified atom stereocenters. The van der Waals surface area contributed by atoms with Gasteiger partial charge in [0.05, 0.1) is 0 Å². The molecule has 0 radical (unpaired) electrons. The number of hydrogen-bond acceptors (Lipinski definition) is 4. The van der Waals surface area contributed by atoms with Crippen LogP contribution < -0.4 is 5.48 Å². The molecule has 1 atom stereocenters. The molecule has 0 aromatic carbocycles. The van der Waals surface area contributed by atoms with Crippen molar-refractivity contribution in [1.82, 2.24) is 10.4 Å². The van der Waals surface area contributed by atoms with Crippen molar-refractivity contribution in [2.45, 2.75) is 32.0 Å². The Bertz CT molecular complexity index is 377. The highest BCUT2D eigenvalue weighted by atomic mass is 32.1. The molecule has 1 fully saturated rings. The first kappa shape index (κ1) is 14.3. The molecule has 2 amide bonds. The molecule has 2 heterocycles. The fourth-order valence-corrected chi connectivity index (χ4v) is 2.53. The molecule has 5 nitrogen and oxygen atoms in total. The molecule has 0 aliphatic carbocycles. The molecule has 1 N–H and O–H groups in total. The van der Waals surface area contributed by atoms with Crippen LogP contribution in [0.25, 0.3) is 0 Å². The third-order valence-electron chi connectivity index (χ3n) is 3.04. The minimum absolute atomic E-state index is 0.231. The van der Waals surface area contributed by atoms with E-state index in [-0.39, 0.29) is 12.3 Å². The minimum Gasteiger partial charge on any atom is -0.350 e. The van der Waals surface area contributed by atoms with Crippen molar-refractivity contribution in [2.75, 3.05) is 20.2 Å². The van der Waals surface area contributed by atoms with Crippen LogP contribution in [0.15, 0.2) is 17.5 Å². The molecule has 1 aliphatic heterocycles. The largest absolute Gasteiger partial charge is 0.350 e. The van der Waals surface area contributed by atoms with Crippen molar-refractivity contribution >= 4 is 17.4 Å². The number of carbonyl (C=O) groups is 1. The van der Waals surface area contributed by atoms with E-state index in [0.717, 1.165) is 25.7 Å². The highest BCUT2D eigenvalue weighted by Crippen LogP contribution is 2.12. The van der Waals surface area contributed by atoms with Crippen LogP contribution in [0, 0.1) is 0 Å². The summed E-state index contributed by atoms with van der Waals surface area (Å²) in [6, 6.07) is 3.86. The van der Waals surface area contributed by atoms with Crippen molar-refractivity contribution in [1.29, 1.82) is 0 Å². The summed E-state index contributed by atoms with van der Waals surface area (Å²) < 4.78 is 5.37. The number of urea groups is 1. The number of nitrogens with zero attached hydrogens (tertiary/aromatic N) is 1. The predicted molar refractivity (Wildman–Crippen MR) is 73.9 cm³/mol. The molecular formula is C13H20N2O3S. The van der Waals surface area contributed by atoms with Gasteiger partial charge in [0, 0.05) is 31.5 Å². The lowest BCUT2D eigenvalue weighted by molar-refractivity contribution is -0.187. The van der Waals surface area contributed by atoms with Crippen LogP contribution in [0.3, 0.4) is 0 Å². The zero-order valence-corrected chi connectivity index (χ0v) is 11.9. The van der Waals surface area contributed by atoms with Gasteiger partial charge in [-0.25, -0.2) is 15.1 Å². The lowest BCUT2D eigenvalue weighted by Crippen LogP contribution is -2.41. The number of nitrogens with one attached hydrogen (secondary N) is 1. The van der Waals surface area contributed by atoms with E-state index in [9.17, 15) is 4.79 Å². The van der Waals surface area contributed by atoms with E-state index in [1.807, 2.05) is 11.4 Å². The smallest absolute Gasteiger partial charge is 0.341 e.